The van der Waals surface area contributed by atoms with Crippen molar-refractivity contribution in [3.8, 4) is 11.8 Å². The second-order valence-corrected chi connectivity index (χ2v) is 3.58. The van der Waals surface area contributed by atoms with Crippen LogP contribution in [0.2, 0.25) is 0 Å². The molecule has 2 rings (SSSR count). The number of anilines is 1. The highest BCUT2D eigenvalue weighted by molar-refractivity contribution is 5.55. The van der Waals surface area contributed by atoms with Crippen LogP contribution in [0.4, 0.5) is 5.69 Å². The van der Waals surface area contributed by atoms with Crippen LogP contribution in [-0.2, 0) is 0 Å². The molecule has 0 aliphatic carbocycles. The summed E-state index contributed by atoms with van der Waals surface area (Å²) in [4.78, 5) is 3.92. The number of nitrogens with two attached hydrogens (primary N) is 1. The van der Waals surface area contributed by atoms with Crippen molar-refractivity contribution in [2.24, 2.45) is 0 Å². The molecule has 0 aliphatic rings. The Labute approximate surface area is 95.1 Å². The summed E-state index contributed by atoms with van der Waals surface area (Å²) in [5.74, 6) is 6.10. The molecular formula is C14H12N2. The van der Waals surface area contributed by atoms with Gasteiger partial charge in [-0.3, -0.25) is 4.98 Å². The molecule has 1 heterocycles. The number of nitrogen functional groups attached to an aromatic ring is 1. The molecule has 78 valence electrons. The molecule has 0 radical (unpaired) electrons. The van der Waals surface area contributed by atoms with Gasteiger partial charge in [0.1, 0.15) is 0 Å². The van der Waals surface area contributed by atoms with Gasteiger partial charge in [0.05, 0.1) is 17.4 Å². The zero-order chi connectivity index (χ0) is 11.4. The van der Waals surface area contributed by atoms with Crippen LogP contribution in [0.3, 0.4) is 0 Å². The van der Waals surface area contributed by atoms with Gasteiger partial charge in [0.15, 0.2) is 0 Å². The number of benzene rings is 1. The van der Waals surface area contributed by atoms with Gasteiger partial charge in [0, 0.05) is 11.8 Å². The molecule has 1 aromatic carbocycles. The van der Waals surface area contributed by atoms with Crippen LogP contribution < -0.4 is 5.73 Å². The lowest BCUT2D eigenvalue weighted by molar-refractivity contribution is 1.32. The fourth-order valence-corrected chi connectivity index (χ4v) is 1.30. The number of aryl methyl sites for hydroxylation is 1. The Kier molecular flexibility index (Phi) is 2.88. The van der Waals surface area contributed by atoms with Crippen LogP contribution in [0.1, 0.15) is 16.7 Å². The molecule has 0 fully saturated rings. The molecule has 16 heavy (non-hydrogen) atoms. The van der Waals surface area contributed by atoms with Gasteiger partial charge >= 0.3 is 0 Å². The first kappa shape index (κ1) is 10.3. The highest BCUT2D eigenvalue weighted by Crippen LogP contribution is 2.07. The van der Waals surface area contributed by atoms with E-state index in [2.05, 4.69) is 23.7 Å². The van der Waals surface area contributed by atoms with Crippen molar-refractivity contribution in [3.63, 3.8) is 0 Å². The number of aromatic nitrogens is 1. The van der Waals surface area contributed by atoms with Crippen LogP contribution in [0.15, 0.2) is 42.7 Å². The highest BCUT2D eigenvalue weighted by Gasteiger charge is 1.92. The van der Waals surface area contributed by atoms with Crippen molar-refractivity contribution < 1.29 is 0 Å². The van der Waals surface area contributed by atoms with Gasteiger partial charge in [-0.05, 0) is 25.1 Å². The van der Waals surface area contributed by atoms with Crippen molar-refractivity contribution >= 4 is 5.69 Å². The fourth-order valence-electron chi connectivity index (χ4n) is 1.30. The van der Waals surface area contributed by atoms with Gasteiger partial charge in [-0.25, -0.2) is 0 Å². The maximum atomic E-state index is 5.74. The number of hydrogen-bond acceptors (Lipinski definition) is 2. The average molecular weight is 208 g/mol. The van der Waals surface area contributed by atoms with E-state index in [1.54, 1.807) is 12.4 Å². The number of pyridine rings is 1. The summed E-state index contributed by atoms with van der Waals surface area (Å²) in [6.07, 6.45) is 3.30. The Balaban J connectivity index is 2.29. The maximum Gasteiger partial charge on any atom is 0.0659 e. The topological polar surface area (TPSA) is 38.9 Å². The van der Waals surface area contributed by atoms with E-state index in [1.807, 2.05) is 30.3 Å². The van der Waals surface area contributed by atoms with E-state index >= 15 is 0 Å². The van der Waals surface area contributed by atoms with E-state index in [-0.39, 0.29) is 0 Å². The minimum Gasteiger partial charge on any atom is -0.396 e. The monoisotopic (exact) mass is 208 g/mol. The molecule has 0 saturated heterocycles. The standard InChI is InChI=1S/C14H12N2/c1-11-2-4-12(5-3-11)6-7-13-8-9-16-10-14(13)15/h2-5,8-10H,15H2,1H3. The molecule has 2 N–H and O–H groups in total. The molecule has 2 nitrogen and oxygen atoms in total. The van der Waals surface area contributed by atoms with E-state index in [4.69, 9.17) is 5.73 Å². The Morgan fingerprint density at radius 2 is 1.81 bits per heavy atom. The molecule has 0 aliphatic heterocycles. The summed E-state index contributed by atoms with van der Waals surface area (Å²) in [7, 11) is 0. The molecule has 2 aromatic rings. The predicted molar refractivity (Wildman–Crippen MR) is 65.8 cm³/mol. The quantitative estimate of drug-likeness (QED) is 0.675. The van der Waals surface area contributed by atoms with E-state index in [9.17, 15) is 0 Å². The van der Waals surface area contributed by atoms with E-state index in [0.29, 0.717) is 5.69 Å². The van der Waals surface area contributed by atoms with Crippen molar-refractivity contribution in [1.29, 1.82) is 0 Å². The second-order valence-electron chi connectivity index (χ2n) is 3.58. The lowest BCUT2D eigenvalue weighted by atomic mass is 10.1. The molecular weight excluding hydrogens is 196 g/mol. The van der Waals surface area contributed by atoms with Crippen molar-refractivity contribution in [3.05, 3.63) is 59.4 Å². The van der Waals surface area contributed by atoms with Crippen LogP contribution in [0, 0.1) is 18.8 Å². The smallest absolute Gasteiger partial charge is 0.0659 e. The zero-order valence-electron chi connectivity index (χ0n) is 9.07. The van der Waals surface area contributed by atoms with Crippen molar-refractivity contribution in [1.82, 2.24) is 4.98 Å². The molecule has 0 atom stereocenters. The van der Waals surface area contributed by atoms with Crippen LogP contribution in [-0.4, -0.2) is 4.98 Å². The molecule has 0 spiro atoms. The third-order valence-corrected chi connectivity index (χ3v) is 2.24. The van der Waals surface area contributed by atoms with E-state index in [0.717, 1.165) is 11.1 Å². The third kappa shape index (κ3) is 2.40. The lowest BCUT2D eigenvalue weighted by Crippen LogP contribution is -1.90. The first-order valence-electron chi connectivity index (χ1n) is 5.04. The van der Waals surface area contributed by atoms with Gasteiger partial charge in [-0.1, -0.05) is 29.5 Å². The van der Waals surface area contributed by atoms with E-state index < -0.39 is 0 Å². The van der Waals surface area contributed by atoms with Gasteiger partial charge in [-0.2, -0.15) is 0 Å². The first-order valence-corrected chi connectivity index (χ1v) is 5.04. The summed E-state index contributed by atoms with van der Waals surface area (Å²) in [5, 5.41) is 0. The van der Waals surface area contributed by atoms with Gasteiger partial charge in [0.2, 0.25) is 0 Å². The average Bonchev–Trinajstić information content (AvgIpc) is 2.30. The minimum absolute atomic E-state index is 0.613. The zero-order valence-corrected chi connectivity index (χ0v) is 9.07. The summed E-state index contributed by atoms with van der Waals surface area (Å²) < 4.78 is 0. The second kappa shape index (κ2) is 4.50. The number of nitrogens with zero attached hydrogens (tertiary/aromatic N) is 1. The molecule has 0 unspecified atom stereocenters. The molecule has 1 aromatic heterocycles. The first-order chi connectivity index (χ1) is 7.75. The molecule has 0 bridgehead atoms. The minimum atomic E-state index is 0.613. The van der Waals surface area contributed by atoms with Crippen LogP contribution in [0.25, 0.3) is 0 Å². The molecule has 0 amide bonds. The highest BCUT2D eigenvalue weighted by atomic mass is 14.7. The Morgan fingerprint density at radius 3 is 2.50 bits per heavy atom. The SMILES string of the molecule is Cc1ccc(C#Cc2ccncc2N)cc1. The summed E-state index contributed by atoms with van der Waals surface area (Å²) in [6.45, 7) is 2.05. The Hall–Kier alpha value is -2.27. The van der Waals surface area contributed by atoms with Gasteiger partial charge < -0.3 is 5.73 Å². The van der Waals surface area contributed by atoms with Gasteiger partial charge in [0.25, 0.3) is 0 Å². The van der Waals surface area contributed by atoms with Crippen molar-refractivity contribution in [2.45, 2.75) is 6.92 Å². The summed E-state index contributed by atoms with van der Waals surface area (Å²) >= 11 is 0. The normalized spacial score (nSPS) is 9.31. The maximum absolute atomic E-state index is 5.74. The Bertz CT molecular complexity index is 545. The van der Waals surface area contributed by atoms with Crippen LogP contribution in [0.5, 0.6) is 0 Å². The molecule has 0 saturated carbocycles. The van der Waals surface area contributed by atoms with Crippen LogP contribution >= 0.6 is 0 Å². The fraction of sp³-hybridized carbons (Fsp3) is 0.0714. The molecule has 2 heteroatoms. The lowest BCUT2D eigenvalue weighted by Gasteiger charge is -1.95. The summed E-state index contributed by atoms with van der Waals surface area (Å²) in [6, 6.07) is 9.90. The predicted octanol–water partition coefficient (Wildman–Crippen LogP) is 2.37. The summed E-state index contributed by atoms with van der Waals surface area (Å²) in [5.41, 5.74) is 9.39. The number of rotatable bonds is 0. The third-order valence-electron chi connectivity index (χ3n) is 2.24. The van der Waals surface area contributed by atoms with Gasteiger partial charge in [-0.15, -0.1) is 0 Å². The van der Waals surface area contributed by atoms with Crippen molar-refractivity contribution in [2.75, 3.05) is 5.73 Å². The number of hydrogen-bond donors (Lipinski definition) is 1. The largest absolute Gasteiger partial charge is 0.396 e. The Morgan fingerprint density at radius 1 is 1.06 bits per heavy atom. The van der Waals surface area contributed by atoms with E-state index in [1.165, 1.54) is 5.56 Å².